The number of aliphatic hydroxyl groups is 1. The number of amides is 2. The van der Waals surface area contributed by atoms with E-state index < -0.39 is 17.7 Å². The minimum atomic E-state index is -0.901. The van der Waals surface area contributed by atoms with Crippen molar-refractivity contribution in [2.45, 2.75) is 13.0 Å². The van der Waals surface area contributed by atoms with Gasteiger partial charge in [-0.15, -0.1) is 0 Å². The van der Waals surface area contributed by atoms with Crippen molar-refractivity contribution < 1.29 is 19.5 Å². The van der Waals surface area contributed by atoms with E-state index in [-0.39, 0.29) is 27.8 Å². The molecule has 1 aliphatic rings. The normalized spacial score (nSPS) is 16.8. The van der Waals surface area contributed by atoms with Gasteiger partial charge >= 0.3 is 0 Å². The van der Waals surface area contributed by atoms with E-state index in [0.717, 1.165) is 5.69 Å². The first-order chi connectivity index (χ1) is 17.1. The summed E-state index contributed by atoms with van der Waals surface area (Å²) in [5, 5.41) is 14.4. The maximum Gasteiger partial charge on any atom is 0.300 e. The molecule has 1 fully saturated rings. The lowest BCUT2D eigenvalue weighted by Crippen LogP contribution is -2.29. The number of nitrogens with zero attached hydrogens (tertiary/aromatic N) is 2. The molecule has 2 N–H and O–H groups in total. The van der Waals surface area contributed by atoms with E-state index in [1.165, 1.54) is 30.0 Å². The van der Waals surface area contributed by atoms with E-state index in [4.69, 9.17) is 23.2 Å². The molecule has 3 aromatic carbocycles. The number of aliphatic hydroxyl groups excluding tert-OH is 1. The van der Waals surface area contributed by atoms with Gasteiger partial charge in [0, 0.05) is 43.6 Å². The first-order valence-electron chi connectivity index (χ1n) is 11.0. The second-order valence-corrected chi connectivity index (χ2v) is 9.33. The highest BCUT2D eigenvalue weighted by Crippen LogP contribution is 2.43. The van der Waals surface area contributed by atoms with Gasteiger partial charge in [0.15, 0.2) is 0 Å². The van der Waals surface area contributed by atoms with Crippen molar-refractivity contribution >= 4 is 63.6 Å². The molecule has 1 atom stereocenters. The predicted molar refractivity (Wildman–Crippen MR) is 143 cm³/mol. The van der Waals surface area contributed by atoms with E-state index in [9.17, 15) is 19.5 Å². The van der Waals surface area contributed by atoms with Crippen molar-refractivity contribution in [1.82, 2.24) is 0 Å². The Labute approximate surface area is 218 Å². The molecule has 1 saturated heterocycles. The number of hydrogen-bond donors (Lipinski definition) is 2. The number of rotatable bonds is 5. The molecular weight excluding hydrogens is 501 g/mol. The molecule has 4 rings (SSSR count). The van der Waals surface area contributed by atoms with E-state index in [1.807, 2.05) is 43.3 Å². The Kier molecular flexibility index (Phi) is 7.06. The zero-order valence-corrected chi connectivity index (χ0v) is 21.3. The lowest BCUT2D eigenvalue weighted by Gasteiger charge is -2.26. The quantitative estimate of drug-likeness (QED) is 0.256. The van der Waals surface area contributed by atoms with E-state index >= 15 is 0 Å². The maximum absolute atomic E-state index is 13.3. The zero-order chi connectivity index (χ0) is 26.1. The highest BCUT2D eigenvalue weighted by molar-refractivity contribution is 6.51. The summed E-state index contributed by atoms with van der Waals surface area (Å²) in [6.07, 6.45) is 0. The number of halogens is 2. The number of ketones is 1. The maximum atomic E-state index is 13.3. The van der Waals surface area contributed by atoms with Gasteiger partial charge in [-0.3, -0.25) is 19.3 Å². The van der Waals surface area contributed by atoms with Gasteiger partial charge in [0.2, 0.25) is 5.91 Å². The minimum absolute atomic E-state index is 0.0677. The largest absolute Gasteiger partial charge is 0.507 e. The zero-order valence-electron chi connectivity index (χ0n) is 19.8. The molecule has 1 heterocycles. The molecule has 1 aliphatic heterocycles. The van der Waals surface area contributed by atoms with Crippen LogP contribution in [-0.4, -0.2) is 36.8 Å². The van der Waals surface area contributed by atoms with Crippen LogP contribution in [0.1, 0.15) is 24.1 Å². The highest BCUT2D eigenvalue weighted by Gasteiger charge is 2.47. The number of carbonyl (C=O) groups excluding carboxylic acids is 3. The molecule has 0 saturated carbocycles. The molecule has 0 aliphatic carbocycles. The molecule has 0 spiro atoms. The summed E-state index contributed by atoms with van der Waals surface area (Å²) in [4.78, 5) is 41.2. The summed E-state index contributed by atoms with van der Waals surface area (Å²) in [6, 6.07) is 17.5. The van der Waals surface area contributed by atoms with E-state index in [1.54, 1.807) is 24.3 Å². The predicted octanol–water partition coefficient (Wildman–Crippen LogP) is 5.64. The molecule has 0 bridgehead atoms. The van der Waals surface area contributed by atoms with Crippen LogP contribution in [0.4, 0.5) is 17.1 Å². The Hall–Kier alpha value is -3.81. The molecule has 184 valence electrons. The van der Waals surface area contributed by atoms with Gasteiger partial charge in [-0.05, 0) is 60.2 Å². The fraction of sp³-hybridized carbons (Fsp3) is 0.148. The summed E-state index contributed by atoms with van der Waals surface area (Å²) < 4.78 is 0. The summed E-state index contributed by atoms with van der Waals surface area (Å²) in [6.45, 7) is 1.40. The molecule has 1 unspecified atom stereocenters. The smallest absolute Gasteiger partial charge is 0.300 e. The lowest BCUT2D eigenvalue weighted by atomic mass is 9.95. The van der Waals surface area contributed by atoms with Gasteiger partial charge in [0.1, 0.15) is 5.76 Å². The van der Waals surface area contributed by atoms with Crippen molar-refractivity contribution in [3.05, 3.63) is 93.5 Å². The van der Waals surface area contributed by atoms with Gasteiger partial charge < -0.3 is 15.3 Å². The van der Waals surface area contributed by atoms with E-state index in [0.29, 0.717) is 22.0 Å². The molecule has 2 amide bonds. The average molecular weight is 524 g/mol. The van der Waals surface area contributed by atoms with Crippen LogP contribution in [-0.2, 0) is 14.4 Å². The van der Waals surface area contributed by atoms with Crippen molar-refractivity contribution in [3.63, 3.8) is 0 Å². The van der Waals surface area contributed by atoms with Crippen molar-refractivity contribution in [2.24, 2.45) is 0 Å². The summed E-state index contributed by atoms with van der Waals surface area (Å²) >= 11 is 12.2. The summed E-state index contributed by atoms with van der Waals surface area (Å²) in [7, 11) is 3.81. The molecule has 36 heavy (non-hydrogen) atoms. The average Bonchev–Trinajstić information content (AvgIpc) is 3.11. The highest BCUT2D eigenvalue weighted by atomic mass is 35.5. The van der Waals surface area contributed by atoms with Crippen LogP contribution in [0, 0.1) is 0 Å². The summed E-state index contributed by atoms with van der Waals surface area (Å²) in [5.41, 5.74) is 2.74. The minimum Gasteiger partial charge on any atom is -0.507 e. The van der Waals surface area contributed by atoms with Crippen LogP contribution in [0.5, 0.6) is 0 Å². The SMILES string of the molecule is CC(=O)Nc1ccc(N2C(=O)C(=O)/C(=C(\O)c3ccc(Cl)c(Cl)c3)C2c2ccc(N(C)C)cc2)cc1. The molecule has 9 heteroatoms. The van der Waals surface area contributed by atoms with Crippen molar-refractivity contribution in [1.29, 1.82) is 0 Å². The first kappa shape index (κ1) is 25.3. The number of benzene rings is 3. The van der Waals surface area contributed by atoms with Crippen molar-refractivity contribution in [2.75, 3.05) is 29.2 Å². The standard InChI is InChI=1S/C27H23Cl2N3O4/c1-15(33)30-18-7-11-20(12-8-18)32-24(16-4-9-19(10-5-16)31(2)3)23(26(35)27(32)36)25(34)17-6-13-21(28)22(29)14-17/h4-14,24,34H,1-3H3,(H,30,33)/b25-23-. The number of nitrogens with one attached hydrogen (secondary N) is 1. The van der Waals surface area contributed by atoms with Gasteiger partial charge in [-0.2, -0.15) is 0 Å². The number of anilines is 3. The fourth-order valence-electron chi connectivity index (χ4n) is 4.08. The molecule has 3 aromatic rings. The van der Waals surface area contributed by atoms with E-state index in [2.05, 4.69) is 5.32 Å². The van der Waals surface area contributed by atoms with Crippen LogP contribution in [0.25, 0.3) is 5.76 Å². The van der Waals surface area contributed by atoms with Crippen molar-refractivity contribution in [3.8, 4) is 0 Å². The van der Waals surface area contributed by atoms with Crippen LogP contribution >= 0.6 is 23.2 Å². The Morgan fingerprint density at radius 3 is 2.14 bits per heavy atom. The number of hydrogen-bond acceptors (Lipinski definition) is 5. The Bertz CT molecular complexity index is 1380. The lowest BCUT2D eigenvalue weighted by molar-refractivity contribution is -0.132. The number of Topliss-reactive ketones (excluding diaryl/α,β-unsaturated/α-hetero) is 1. The molecule has 0 aromatic heterocycles. The third-order valence-corrected chi connectivity index (χ3v) is 6.57. The van der Waals surface area contributed by atoms with Crippen LogP contribution in [0.3, 0.4) is 0 Å². The molecule has 0 radical (unpaired) electrons. The Morgan fingerprint density at radius 2 is 1.58 bits per heavy atom. The molecular formula is C27H23Cl2N3O4. The Balaban J connectivity index is 1.88. The third-order valence-electron chi connectivity index (χ3n) is 5.83. The van der Waals surface area contributed by atoms with Gasteiger partial charge in [0.25, 0.3) is 11.7 Å². The van der Waals surface area contributed by atoms with Crippen LogP contribution < -0.4 is 15.1 Å². The van der Waals surface area contributed by atoms with Gasteiger partial charge in [-0.1, -0.05) is 35.3 Å². The van der Waals surface area contributed by atoms with Crippen LogP contribution in [0.15, 0.2) is 72.3 Å². The van der Waals surface area contributed by atoms with Crippen LogP contribution in [0.2, 0.25) is 10.0 Å². The Morgan fingerprint density at radius 1 is 0.944 bits per heavy atom. The monoisotopic (exact) mass is 523 g/mol. The van der Waals surface area contributed by atoms with Gasteiger partial charge in [0.05, 0.1) is 21.7 Å². The second-order valence-electron chi connectivity index (χ2n) is 8.51. The number of carbonyl (C=O) groups is 3. The second kappa shape index (κ2) is 10.0. The fourth-order valence-corrected chi connectivity index (χ4v) is 4.37. The third kappa shape index (κ3) is 4.80. The van der Waals surface area contributed by atoms with Gasteiger partial charge in [-0.25, -0.2) is 0 Å². The first-order valence-corrected chi connectivity index (χ1v) is 11.8. The topological polar surface area (TPSA) is 90.0 Å². The summed E-state index contributed by atoms with van der Waals surface area (Å²) in [5.74, 6) is -2.20. The molecule has 7 nitrogen and oxygen atoms in total.